The van der Waals surface area contributed by atoms with Gasteiger partial charge in [0.25, 0.3) is 5.56 Å². The molecule has 4 nitrogen and oxygen atoms in total. The zero-order valence-corrected chi connectivity index (χ0v) is 14.3. The van der Waals surface area contributed by atoms with E-state index < -0.39 is 0 Å². The maximum atomic E-state index is 12.8. The normalized spacial score (nSPS) is 18.5. The lowest BCUT2D eigenvalue weighted by molar-refractivity contribution is 0.0937. The van der Waals surface area contributed by atoms with E-state index in [0.717, 1.165) is 24.6 Å². The maximum Gasteiger partial charge on any atom is 0.262 e. The Hall–Kier alpha value is -1.04. The Labute approximate surface area is 138 Å². The van der Waals surface area contributed by atoms with Crippen LogP contribution in [0.25, 0.3) is 10.9 Å². The van der Waals surface area contributed by atoms with Gasteiger partial charge in [0, 0.05) is 16.9 Å². The number of halogens is 1. The van der Waals surface area contributed by atoms with Gasteiger partial charge in [0.05, 0.1) is 23.6 Å². The summed E-state index contributed by atoms with van der Waals surface area (Å²) in [6.45, 7) is 5.53. The topological polar surface area (TPSA) is 44.1 Å². The molecule has 0 amide bonds. The van der Waals surface area contributed by atoms with Crippen LogP contribution in [0.4, 0.5) is 0 Å². The molecule has 1 atom stereocenters. The van der Waals surface area contributed by atoms with Crippen molar-refractivity contribution in [2.45, 2.75) is 49.7 Å². The SMILES string of the molecule is CC(C)Sc1nc2cc(Cl)ccc2c(=O)n1C[C@H]1CCCO1. The average molecular weight is 339 g/mol. The molecule has 0 aliphatic carbocycles. The summed E-state index contributed by atoms with van der Waals surface area (Å²) in [4.78, 5) is 17.5. The van der Waals surface area contributed by atoms with Crippen molar-refractivity contribution in [1.82, 2.24) is 9.55 Å². The van der Waals surface area contributed by atoms with Crippen LogP contribution in [0.1, 0.15) is 26.7 Å². The fourth-order valence-electron chi connectivity index (χ4n) is 2.63. The van der Waals surface area contributed by atoms with E-state index >= 15 is 0 Å². The fourth-order valence-corrected chi connectivity index (χ4v) is 3.65. The molecule has 0 N–H and O–H groups in total. The second kappa shape index (κ2) is 6.60. The van der Waals surface area contributed by atoms with Gasteiger partial charge in [-0.3, -0.25) is 9.36 Å². The Morgan fingerprint density at radius 3 is 3.00 bits per heavy atom. The smallest absolute Gasteiger partial charge is 0.262 e. The highest BCUT2D eigenvalue weighted by Crippen LogP contribution is 2.25. The molecule has 118 valence electrons. The molecular formula is C16H19ClN2O2S. The number of fused-ring (bicyclic) bond motifs is 1. The molecule has 22 heavy (non-hydrogen) atoms. The van der Waals surface area contributed by atoms with Gasteiger partial charge in [0.1, 0.15) is 0 Å². The van der Waals surface area contributed by atoms with Crippen LogP contribution in [-0.2, 0) is 11.3 Å². The standard InChI is InChI=1S/C16H19ClN2O2S/c1-10(2)22-16-18-14-8-11(17)5-6-13(14)15(20)19(16)9-12-4-3-7-21-12/h5-6,8,10,12H,3-4,7,9H2,1-2H3/t12-/m1/s1. The number of ether oxygens (including phenoxy) is 1. The first-order chi connectivity index (χ1) is 10.5. The molecule has 3 rings (SSSR count). The Morgan fingerprint density at radius 1 is 1.50 bits per heavy atom. The summed E-state index contributed by atoms with van der Waals surface area (Å²) < 4.78 is 7.45. The number of thioether (sulfide) groups is 1. The lowest BCUT2D eigenvalue weighted by atomic mass is 10.2. The molecule has 1 aliphatic rings. The highest BCUT2D eigenvalue weighted by atomic mass is 35.5. The van der Waals surface area contributed by atoms with E-state index in [1.807, 2.05) is 0 Å². The number of rotatable bonds is 4. The minimum absolute atomic E-state index is 0.0136. The van der Waals surface area contributed by atoms with Crippen molar-refractivity contribution < 1.29 is 4.74 Å². The molecule has 1 aliphatic heterocycles. The third kappa shape index (κ3) is 3.31. The van der Waals surface area contributed by atoms with E-state index in [1.165, 1.54) is 0 Å². The van der Waals surface area contributed by atoms with Crippen LogP contribution < -0.4 is 5.56 Å². The van der Waals surface area contributed by atoms with E-state index in [0.29, 0.717) is 27.7 Å². The van der Waals surface area contributed by atoms with E-state index in [-0.39, 0.29) is 11.7 Å². The zero-order valence-electron chi connectivity index (χ0n) is 12.7. The van der Waals surface area contributed by atoms with Crippen molar-refractivity contribution in [2.24, 2.45) is 0 Å². The van der Waals surface area contributed by atoms with Gasteiger partial charge in [-0.1, -0.05) is 37.2 Å². The van der Waals surface area contributed by atoms with Gasteiger partial charge >= 0.3 is 0 Å². The molecule has 0 spiro atoms. The van der Waals surface area contributed by atoms with Gasteiger partial charge < -0.3 is 4.74 Å². The van der Waals surface area contributed by atoms with E-state index in [4.69, 9.17) is 16.3 Å². The molecule has 2 heterocycles. The molecule has 1 aromatic heterocycles. The van der Waals surface area contributed by atoms with Gasteiger partial charge in [0.2, 0.25) is 0 Å². The lowest BCUT2D eigenvalue weighted by Gasteiger charge is -2.17. The number of benzene rings is 1. The second-order valence-corrected chi connectivity index (χ2v) is 7.75. The van der Waals surface area contributed by atoms with Crippen molar-refractivity contribution in [3.05, 3.63) is 33.6 Å². The summed E-state index contributed by atoms with van der Waals surface area (Å²) >= 11 is 7.63. The van der Waals surface area contributed by atoms with Crippen LogP contribution in [0.3, 0.4) is 0 Å². The van der Waals surface area contributed by atoms with Gasteiger partial charge in [-0.2, -0.15) is 0 Å². The number of hydrogen-bond acceptors (Lipinski definition) is 4. The fraction of sp³-hybridized carbons (Fsp3) is 0.500. The van der Waals surface area contributed by atoms with Crippen LogP contribution in [0.5, 0.6) is 0 Å². The van der Waals surface area contributed by atoms with Gasteiger partial charge in [0.15, 0.2) is 5.16 Å². The van der Waals surface area contributed by atoms with Crippen LogP contribution in [0.2, 0.25) is 5.02 Å². The molecular weight excluding hydrogens is 320 g/mol. The summed E-state index contributed by atoms with van der Waals surface area (Å²) in [7, 11) is 0. The third-order valence-electron chi connectivity index (χ3n) is 3.63. The van der Waals surface area contributed by atoms with Gasteiger partial charge in [-0.15, -0.1) is 0 Å². The Bertz CT molecular complexity index is 739. The molecule has 1 fully saturated rings. The van der Waals surface area contributed by atoms with Crippen molar-refractivity contribution in [1.29, 1.82) is 0 Å². The maximum absolute atomic E-state index is 12.8. The van der Waals surface area contributed by atoms with Crippen molar-refractivity contribution in [2.75, 3.05) is 6.61 Å². The van der Waals surface area contributed by atoms with Crippen molar-refractivity contribution in [3.63, 3.8) is 0 Å². The molecule has 2 aromatic rings. The number of hydrogen-bond donors (Lipinski definition) is 0. The minimum atomic E-state index is -0.0136. The van der Waals surface area contributed by atoms with Gasteiger partial charge in [-0.05, 0) is 31.0 Å². The zero-order chi connectivity index (χ0) is 15.7. The Kier molecular flexibility index (Phi) is 4.76. The average Bonchev–Trinajstić information content (AvgIpc) is 2.95. The first-order valence-corrected chi connectivity index (χ1v) is 8.78. The van der Waals surface area contributed by atoms with E-state index in [2.05, 4.69) is 18.8 Å². The summed E-state index contributed by atoms with van der Waals surface area (Å²) in [5, 5.41) is 2.29. The van der Waals surface area contributed by atoms with E-state index in [1.54, 1.807) is 34.5 Å². The van der Waals surface area contributed by atoms with Crippen LogP contribution >= 0.6 is 23.4 Å². The van der Waals surface area contributed by atoms with Gasteiger partial charge in [-0.25, -0.2) is 4.98 Å². The molecule has 0 saturated carbocycles. The molecule has 1 saturated heterocycles. The van der Waals surface area contributed by atoms with Crippen molar-refractivity contribution >= 4 is 34.3 Å². The monoisotopic (exact) mass is 338 g/mol. The summed E-state index contributed by atoms with van der Waals surface area (Å²) in [6.07, 6.45) is 2.16. The molecule has 1 aromatic carbocycles. The minimum Gasteiger partial charge on any atom is -0.376 e. The highest BCUT2D eigenvalue weighted by Gasteiger charge is 2.20. The Morgan fingerprint density at radius 2 is 2.32 bits per heavy atom. The molecule has 0 radical (unpaired) electrons. The van der Waals surface area contributed by atoms with Crippen LogP contribution in [0.15, 0.2) is 28.2 Å². The lowest BCUT2D eigenvalue weighted by Crippen LogP contribution is -2.29. The molecule has 6 heteroatoms. The van der Waals surface area contributed by atoms with E-state index in [9.17, 15) is 4.79 Å². The predicted molar refractivity (Wildman–Crippen MR) is 91.0 cm³/mol. The largest absolute Gasteiger partial charge is 0.376 e. The summed E-state index contributed by atoms with van der Waals surface area (Å²) in [5.41, 5.74) is 0.643. The first-order valence-electron chi connectivity index (χ1n) is 7.53. The highest BCUT2D eigenvalue weighted by molar-refractivity contribution is 7.99. The quantitative estimate of drug-likeness (QED) is 0.629. The Balaban J connectivity index is 2.11. The summed E-state index contributed by atoms with van der Waals surface area (Å²) in [6, 6.07) is 5.24. The first kappa shape index (κ1) is 15.8. The second-order valence-electron chi connectivity index (χ2n) is 5.77. The molecule has 0 bridgehead atoms. The third-order valence-corrected chi connectivity index (χ3v) is 4.86. The summed E-state index contributed by atoms with van der Waals surface area (Å²) in [5.74, 6) is 0. The van der Waals surface area contributed by atoms with Crippen LogP contribution in [0, 0.1) is 0 Å². The molecule has 0 unspecified atom stereocenters. The van der Waals surface area contributed by atoms with Crippen molar-refractivity contribution in [3.8, 4) is 0 Å². The van der Waals surface area contributed by atoms with Crippen LogP contribution in [-0.4, -0.2) is 27.5 Å². The number of nitrogens with zero attached hydrogens (tertiary/aromatic N) is 2. The number of aromatic nitrogens is 2. The predicted octanol–water partition coefficient (Wildman–Crippen LogP) is 3.73.